The van der Waals surface area contributed by atoms with Gasteiger partial charge in [0.05, 0.1) is 5.56 Å². The van der Waals surface area contributed by atoms with Gasteiger partial charge < -0.3 is 0 Å². The molecule has 0 aliphatic carbocycles. The number of hydrogen-bond donors (Lipinski definition) is 0. The number of alkyl halides is 3. The van der Waals surface area contributed by atoms with Crippen LogP contribution in [0.2, 0.25) is 0 Å². The van der Waals surface area contributed by atoms with Crippen LogP contribution in [-0.4, -0.2) is 0 Å². The fourth-order valence-corrected chi connectivity index (χ4v) is 1.75. The van der Waals surface area contributed by atoms with Crippen LogP contribution < -0.4 is 0 Å². The van der Waals surface area contributed by atoms with Gasteiger partial charge in [0.2, 0.25) is 0 Å². The van der Waals surface area contributed by atoms with Crippen molar-refractivity contribution in [3.63, 3.8) is 0 Å². The molecule has 0 N–H and O–H groups in total. The molecular formula is C7H2BrF4I. The summed E-state index contributed by atoms with van der Waals surface area (Å²) in [6, 6.07) is 1.57. The first-order valence-electron chi connectivity index (χ1n) is 3.04. The zero-order valence-electron chi connectivity index (χ0n) is 5.92. The second-order valence-electron chi connectivity index (χ2n) is 2.24. The predicted octanol–water partition coefficient (Wildman–Crippen LogP) is 4.21. The monoisotopic (exact) mass is 368 g/mol. The Bertz CT molecular complexity index is 334. The van der Waals surface area contributed by atoms with Crippen LogP contribution in [0, 0.1) is 9.39 Å². The molecule has 0 saturated carbocycles. The van der Waals surface area contributed by atoms with Gasteiger partial charge in [-0.1, -0.05) is 15.9 Å². The minimum atomic E-state index is -4.45. The minimum Gasteiger partial charge on any atom is -0.206 e. The van der Waals surface area contributed by atoms with Crippen molar-refractivity contribution in [2.75, 3.05) is 0 Å². The van der Waals surface area contributed by atoms with Gasteiger partial charge in [-0.3, -0.25) is 0 Å². The highest BCUT2D eigenvalue weighted by atomic mass is 127. The molecule has 0 heterocycles. The van der Waals surface area contributed by atoms with Gasteiger partial charge in [-0.2, -0.15) is 13.2 Å². The second-order valence-corrected chi connectivity index (χ2v) is 4.26. The van der Waals surface area contributed by atoms with Crippen molar-refractivity contribution in [1.29, 1.82) is 0 Å². The van der Waals surface area contributed by atoms with Crippen LogP contribution in [0.5, 0.6) is 0 Å². The number of rotatable bonds is 0. The Kier molecular flexibility index (Phi) is 3.21. The molecule has 0 aromatic heterocycles. The first-order valence-corrected chi connectivity index (χ1v) is 4.91. The van der Waals surface area contributed by atoms with Crippen molar-refractivity contribution in [1.82, 2.24) is 0 Å². The van der Waals surface area contributed by atoms with E-state index >= 15 is 0 Å². The summed E-state index contributed by atoms with van der Waals surface area (Å²) in [5.41, 5.74) is -0.863. The van der Waals surface area contributed by atoms with Crippen molar-refractivity contribution < 1.29 is 17.6 Å². The lowest BCUT2D eigenvalue weighted by molar-refractivity contribution is -0.138. The zero-order chi connectivity index (χ0) is 10.2. The third-order valence-electron chi connectivity index (χ3n) is 1.32. The summed E-state index contributed by atoms with van der Waals surface area (Å²) >= 11 is 4.16. The Balaban J connectivity index is 3.32. The van der Waals surface area contributed by atoms with Crippen LogP contribution in [0.1, 0.15) is 5.56 Å². The van der Waals surface area contributed by atoms with E-state index in [1.54, 1.807) is 0 Å². The predicted molar refractivity (Wildman–Crippen MR) is 51.8 cm³/mol. The molecule has 0 amide bonds. The molecular weight excluding hydrogens is 367 g/mol. The molecule has 1 aromatic carbocycles. The van der Waals surface area contributed by atoms with Gasteiger partial charge in [0.15, 0.2) is 0 Å². The molecule has 6 heteroatoms. The van der Waals surface area contributed by atoms with Gasteiger partial charge in [0, 0.05) is 8.04 Å². The van der Waals surface area contributed by atoms with E-state index in [9.17, 15) is 17.6 Å². The average molecular weight is 369 g/mol. The van der Waals surface area contributed by atoms with Gasteiger partial charge in [-0.05, 0) is 34.7 Å². The van der Waals surface area contributed by atoms with Gasteiger partial charge in [-0.25, -0.2) is 4.39 Å². The summed E-state index contributed by atoms with van der Waals surface area (Å²) in [6.07, 6.45) is -4.45. The maximum absolute atomic E-state index is 12.7. The van der Waals surface area contributed by atoms with Crippen LogP contribution in [0.25, 0.3) is 0 Å². The Morgan fingerprint density at radius 2 is 1.77 bits per heavy atom. The van der Waals surface area contributed by atoms with Crippen molar-refractivity contribution in [3.8, 4) is 0 Å². The third-order valence-corrected chi connectivity index (χ3v) is 2.80. The molecule has 0 aliphatic heterocycles. The topological polar surface area (TPSA) is 0 Å². The van der Waals surface area contributed by atoms with E-state index in [4.69, 9.17) is 0 Å². The molecule has 0 aliphatic rings. The number of halogens is 6. The van der Waals surface area contributed by atoms with Crippen molar-refractivity contribution >= 4 is 38.5 Å². The molecule has 1 rings (SSSR count). The summed E-state index contributed by atoms with van der Waals surface area (Å²) in [6.45, 7) is 0. The summed E-state index contributed by atoms with van der Waals surface area (Å²) in [5, 5.41) is 0. The quantitative estimate of drug-likeness (QED) is 0.365. The molecule has 0 nitrogen and oxygen atoms in total. The Morgan fingerprint density at radius 3 is 2.23 bits per heavy atom. The SMILES string of the molecule is Fc1cc(Br)c(C(F)(F)F)cc1I. The standard InChI is InChI=1S/C7H2BrF4I/c8-4-2-5(9)6(13)1-3(4)7(10,11)12/h1-2H. The van der Waals surface area contributed by atoms with Gasteiger partial charge in [0.1, 0.15) is 5.82 Å². The van der Waals surface area contributed by atoms with E-state index in [-0.39, 0.29) is 8.04 Å². The fourth-order valence-electron chi connectivity index (χ4n) is 0.740. The lowest BCUT2D eigenvalue weighted by atomic mass is 10.2. The summed E-state index contributed by atoms with van der Waals surface area (Å²) < 4.78 is 49.0. The first-order chi connectivity index (χ1) is 5.82. The molecule has 13 heavy (non-hydrogen) atoms. The van der Waals surface area contributed by atoms with Crippen molar-refractivity contribution in [3.05, 3.63) is 31.6 Å². The van der Waals surface area contributed by atoms with E-state index in [0.717, 1.165) is 12.1 Å². The summed E-state index contributed by atoms with van der Waals surface area (Å²) in [7, 11) is 0. The second kappa shape index (κ2) is 3.72. The Hall–Kier alpha value is 0.150. The molecule has 0 saturated heterocycles. The molecule has 72 valence electrons. The van der Waals surface area contributed by atoms with Crippen LogP contribution in [0.4, 0.5) is 17.6 Å². The fraction of sp³-hybridized carbons (Fsp3) is 0.143. The molecule has 0 spiro atoms. The summed E-state index contributed by atoms with van der Waals surface area (Å²) in [5.74, 6) is -0.666. The van der Waals surface area contributed by atoms with E-state index < -0.39 is 17.6 Å². The lowest BCUT2D eigenvalue weighted by Gasteiger charge is -2.09. The van der Waals surface area contributed by atoms with E-state index in [2.05, 4.69) is 15.9 Å². The number of benzene rings is 1. The highest BCUT2D eigenvalue weighted by Crippen LogP contribution is 2.36. The molecule has 0 unspecified atom stereocenters. The van der Waals surface area contributed by atoms with Gasteiger partial charge in [-0.15, -0.1) is 0 Å². The minimum absolute atomic E-state index is 0.0480. The zero-order valence-corrected chi connectivity index (χ0v) is 9.67. The largest absolute Gasteiger partial charge is 0.417 e. The van der Waals surface area contributed by atoms with Gasteiger partial charge in [0.25, 0.3) is 0 Å². The van der Waals surface area contributed by atoms with E-state index in [1.807, 2.05) is 0 Å². The van der Waals surface area contributed by atoms with Crippen LogP contribution >= 0.6 is 38.5 Å². The van der Waals surface area contributed by atoms with Crippen LogP contribution in [0.15, 0.2) is 16.6 Å². The molecule has 0 radical (unpaired) electrons. The highest BCUT2D eigenvalue weighted by Gasteiger charge is 2.33. The van der Waals surface area contributed by atoms with Gasteiger partial charge >= 0.3 is 6.18 Å². The van der Waals surface area contributed by atoms with Crippen molar-refractivity contribution in [2.45, 2.75) is 6.18 Å². The third kappa shape index (κ3) is 2.55. The van der Waals surface area contributed by atoms with Crippen molar-refractivity contribution in [2.24, 2.45) is 0 Å². The lowest BCUT2D eigenvalue weighted by Crippen LogP contribution is -2.07. The molecule has 0 atom stereocenters. The van der Waals surface area contributed by atoms with E-state index in [0.29, 0.717) is 0 Å². The summed E-state index contributed by atoms with van der Waals surface area (Å²) in [4.78, 5) is 0. The van der Waals surface area contributed by atoms with Crippen LogP contribution in [0.3, 0.4) is 0 Å². The highest BCUT2D eigenvalue weighted by molar-refractivity contribution is 14.1. The first kappa shape index (κ1) is 11.2. The maximum Gasteiger partial charge on any atom is 0.417 e. The molecule has 0 fully saturated rings. The Labute approximate surface area is 93.6 Å². The average Bonchev–Trinajstić information content (AvgIpc) is 1.94. The smallest absolute Gasteiger partial charge is 0.206 e. The Morgan fingerprint density at radius 1 is 1.23 bits per heavy atom. The molecule has 0 bridgehead atoms. The van der Waals surface area contributed by atoms with Crippen LogP contribution in [-0.2, 0) is 6.18 Å². The normalized spacial score (nSPS) is 11.8. The number of hydrogen-bond acceptors (Lipinski definition) is 0. The van der Waals surface area contributed by atoms with E-state index in [1.165, 1.54) is 22.6 Å². The maximum atomic E-state index is 12.7. The molecule has 1 aromatic rings.